The van der Waals surface area contributed by atoms with E-state index in [-0.39, 0.29) is 17.2 Å². The minimum atomic E-state index is -0.104. The van der Waals surface area contributed by atoms with Crippen LogP contribution in [0.15, 0.2) is 0 Å². The van der Waals surface area contributed by atoms with Crippen molar-refractivity contribution < 1.29 is 9.47 Å². The van der Waals surface area contributed by atoms with Crippen molar-refractivity contribution in [2.75, 3.05) is 13.7 Å². The second-order valence-corrected chi connectivity index (χ2v) is 6.63. The minimum absolute atomic E-state index is 0.0934. The van der Waals surface area contributed by atoms with Gasteiger partial charge in [-0.3, -0.25) is 11.3 Å². The van der Waals surface area contributed by atoms with Gasteiger partial charge in [0.05, 0.1) is 17.2 Å². The molecule has 0 heterocycles. The Labute approximate surface area is 124 Å². The highest BCUT2D eigenvalue weighted by Gasteiger charge is 2.39. The van der Waals surface area contributed by atoms with Crippen molar-refractivity contribution >= 4 is 0 Å². The molecule has 1 rings (SSSR count). The highest BCUT2D eigenvalue weighted by atomic mass is 16.5. The summed E-state index contributed by atoms with van der Waals surface area (Å²) < 4.78 is 11.7. The summed E-state index contributed by atoms with van der Waals surface area (Å²) in [5.41, 5.74) is 2.84. The SMILES string of the molecule is CCOC1(C(CCC(C)(C)OC)NN)CCCCCC1. The molecule has 3 N–H and O–H groups in total. The van der Waals surface area contributed by atoms with E-state index in [1.807, 2.05) is 0 Å². The number of nitrogens with one attached hydrogen (secondary N) is 1. The van der Waals surface area contributed by atoms with Crippen LogP contribution in [0.3, 0.4) is 0 Å². The summed E-state index contributed by atoms with van der Waals surface area (Å²) in [4.78, 5) is 0. The van der Waals surface area contributed by atoms with E-state index in [1.54, 1.807) is 7.11 Å². The summed E-state index contributed by atoms with van der Waals surface area (Å²) in [6, 6.07) is 0.204. The molecule has 120 valence electrons. The Morgan fingerprint density at radius 2 is 1.80 bits per heavy atom. The summed E-state index contributed by atoms with van der Waals surface area (Å²) in [6.07, 6.45) is 9.31. The van der Waals surface area contributed by atoms with Gasteiger partial charge in [0, 0.05) is 13.7 Å². The number of hydrogen-bond donors (Lipinski definition) is 2. The standard InChI is InChI=1S/C16H34N2O2/c1-5-20-16(11-8-6-7-9-12-16)14(18-17)10-13-15(2,3)19-4/h14,18H,5-13,17H2,1-4H3. The van der Waals surface area contributed by atoms with Crippen LogP contribution < -0.4 is 11.3 Å². The fourth-order valence-electron chi connectivity index (χ4n) is 3.30. The molecule has 4 nitrogen and oxygen atoms in total. The number of hydrazine groups is 1. The van der Waals surface area contributed by atoms with Crippen LogP contribution in [0, 0.1) is 0 Å². The number of rotatable bonds is 8. The number of ether oxygens (including phenoxy) is 2. The van der Waals surface area contributed by atoms with Gasteiger partial charge in [-0.05, 0) is 46.5 Å². The molecular weight excluding hydrogens is 252 g/mol. The maximum Gasteiger partial charge on any atom is 0.0848 e. The third-order valence-electron chi connectivity index (χ3n) is 4.81. The lowest BCUT2D eigenvalue weighted by molar-refractivity contribution is -0.0840. The quantitative estimate of drug-likeness (QED) is 0.409. The van der Waals surface area contributed by atoms with Crippen LogP contribution in [0.5, 0.6) is 0 Å². The average molecular weight is 286 g/mol. The predicted octanol–water partition coefficient (Wildman–Crippen LogP) is 3.15. The molecule has 0 aromatic rings. The van der Waals surface area contributed by atoms with Crippen LogP contribution in [0.4, 0.5) is 0 Å². The first kappa shape index (κ1) is 17.9. The van der Waals surface area contributed by atoms with Crippen molar-refractivity contribution in [3.05, 3.63) is 0 Å². The van der Waals surface area contributed by atoms with Crippen LogP contribution in [0.1, 0.15) is 72.1 Å². The van der Waals surface area contributed by atoms with E-state index in [4.69, 9.17) is 15.3 Å². The molecular formula is C16H34N2O2. The highest BCUT2D eigenvalue weighted by molar-refractivity contribution is 4.94. The second-order valence-electron chi connectivity index (χ2n) is 6.63. The van der Waals surface area contributed by atoms with Gasteiger partial charge < -0.3 is 9.47 Å². The Bertz CT molecular complexity index is 261. The van der Waals surface area contributed by atoms with Crippen molar-refractivity contribution in [2.45, 2.75) is 89.4 Å². The van der Waals surface area contributed by atoms with Gasteiger partial charge >= 0.3 is 0 Å². The first-order valence-electron chi connectivity index (χ1n) is 8.15. The van der Waals surface area contributed by atoms with Crippen molar-refractivity contribution in [1.29, 1.82) is 0 Å². The maximum absolute atomic E-state index is 6.22. The van der Waals surface area contributed by atoms with E-state index in [1.165, 1.54) is 25.7 Å². The Morgan fingerprint density at radius 3 is 2.25 bits per heavy atom. The van der Waals surface area contributed by atoms with Crippen LogP contribution >= 0.6 is 0 Å². The van der Waals surface area contributed by atoms with Crippen molar-refractivity contribution in [3.8, 4) is 0 Å². The van der Waals surface area contributed by atoms with Crippen LogP contribution in [0.25, 0.3) is 0 Å². The van der Waals surface area contributed by atoms with Gasteiger partial charge in [-0.15, -0.1) is 0 Å². The van der Waals surface area contributed by atoms with Crippen LogP contribution in [-0.4, -0.2) is 31.0 Å². The molecule has 1 unspecified atom stereocenters. The fourth-order valence-corrected chi connectivity index (χ4v) is 3.30. The van der Waals surface area contributed by atoms with Crippen molar-refractivity contribution in [1.82, 2.24) is 5.43 Å². The molecule has 1 aliphatic rings. The molecule has 0 saturated heterocycles. The first-order valence-corrected chi connectivity index (χ1v) is 8.15. The molecule has 0 aromatic heterocycles. The summed E-state index contributed by atoms with van der Waals surface area (Å²) in [6.45, 7) is 7.09. The topological polar surface area (TPSA) is 56.5 Å². The second kappa shape index (κ2) is 8.32. The Morgan fingerprint density at radius 1 is 1.20 bits per heavy atom. The van der Waals surface area contributed by atoms with E-state index in [9.17, 15) is 0 Å². The number of nitrogens with two attached hydrogens (primary N) is 1. The molecule has 1 saturated carbocycles. The van der Waals surface area contributed by atoms with Gasteiger partial charge in [0.25, 0.3) is 0 Å². The smallest absolute Gasteiger partial charge is 0.0848 e. The van der Waals surface area contributed by atoms with Gasteiger partial charge in [0.2, 0.25) is 0 Å². The molecule has 0 aliphatic heterocycles. The number of methoxy groups -OCH3 is 1. The molecule has 0 radical (unpaired) electrons. The zero-order valence-electron chi connectivity index (χ0n) is 13.8. The molecule has 0 bridgehead atoms. The molecule has 4 heteroatoms. The maximum atomic E-state index is 6.22. The average Bonchev–Trinajstić information content (AvgIpc) is 2.66. The van der Waals surface area contributed by atoms with Gasteiger partial charge in [-0.2, -0.15) is 0 Å². The first-order chi connectivity index (χ1) is 9.49. The van der Waals surface area contributed by atoms with E-state index in [0.717, 1.165) is 32.3 Å². The molecule has 0 aromatic carbocycles. The molecule has 1 aliphatic carbocycles. The normalized spacial score (nSPS) is 21.4. The lowest BCUT2D eigenvalue weighted by Crippen LogP contribution is -2.55. The Balaban J connectivity index is 2.74. The Hall–Kier alpha value is -0.160. The van der Waals surface area contributed by atoms with E-state index in [0.29, 0.717) is 0 Å². The summed E-state index contributed by atoms with van der Waals surface area (Å²) in [5.74, 6) is 5.87. The van der Waals surface area contributed by atoms with Gasteiger partial charge in [-0.25, -0.2) is 0 Å². The van der Waals surface area contributed by atoms with E-state index >= 15 is 0 Å². The van der Waals surface area contributed by atoms with Crippen molar-refractivity contribution in [3.63, 3.8) is 0 Å². The zero-order valence-corrected chi connectivity index (χ0v) is 13.8. The minimum Gasteiger partial charge on any atom is -0.379 e. The van der Waals surface area contributed by atoms with Gasteiger partial charge in [0.1, 0.15) is 0 Å². The summed E-state index contributed by atoms with van der Waals surface area (Å²) >= 11 is 0. The summed E-state index contributed by atoms with van der Waals surface area (Å²) in [7, 11) is 1.77. The fraction of sp³-hybridized carbons (Fsp3) is 1.00. The zero-order chi connectivity index (χ0) is 15.1. The van der Waals surface area contributed by atoms with Gasteiger partial charge in [-0.1, -0.05) is 25.7 Å². The predicted molar refractivity (Wildman–Crippen MR) is 83.5 cm³/mol. The molecule has 1 atom stereocenters. The molecule has 20 heavy (non-hydrogen) atoms. The van der Waals surface area contributed by atoms with Gasteiger partial charge in [0.15, 0.2) is 0 Å². The Kier molecular flexibility index (Phi) is 7.45. The molecule has 1 fully saturated rings. The molecule has 0 spiro atoms. The van der Waals surface area contributed by atoms with Crippen LogP contribution in [-0.2, 0) is 9.47 Å². The third-order valence-corrected chi connectivity index (χ3v) is 4.81. The van der Waals surface area contributed by atoms with E-state index in [2.05, 4.69) is 26.2 Å². The molecule has 0 amide bonds. The van der Waals surface area contributed by atoms with Crippen molar-refractivity contribution in [2.24, 2.45) is 5.84 Å². The lowest BCUT2D eigenvalue weighted by Gasteiger charge is -2.41. The van der Waals surface area contributed by atoms with Crippen LogP contribution in [0.2, 0.25) is 0 Å². The lowest BCUT2D eigenvalue weighted by atomic mass is 9.82. The largest absolute Gasteiger partial charge is 0.379 e. The monoisotopic (exact) mass is 286 g/mol. The third kappa shape index (κ3) is 4.99. The number of hydrogen-bond acceptors (Lipinski definition) is 4. The summed E-state index contributed by atoms with van der Waals surface area (Å²) in [5, 5.41) is 0. The highest BCUT2D eigenvalue weighted by Crippen LogP contribution is 2.35. The van der Waals surface area contributed by atoms with E-state index < -0.39 is 0 Å².